The minimum absolute atomic E-state index is 0.107. The summed E-state index contributed by atoms with van der Waals surface area (Å²) in [5.41, 5.74) is 6.27. The van der Waals surface area contributed by atoms with E-state index in [1.807, 2.05) is 0 Å². The van der Waals surface area contributed by atoms with Crippen LogP contribution in [0.4, 0.5) is 5.82 Å². The molecule has 18 heavy (non-hydrogen) atoms. The maximum atomic E-state index is 12.0. The van der Waals surface area contributed by atoms with Gasteiger partial charge < -0.3 is 5.73 Å². The van der Waals surface area contributed by atoms with Crippen molar-refractivity contribution in [3.63, 3.8) is 0 Å². The lowest BCUT2D eigenvalue weighted by molar-refractivity contribution is 0.581. The Bertz CT molecular complexity index is 708. The van der Waals surface area contributed by atoms with Gasteiger partial charge in [0.25, 0.3) is 0 Å². The van der Waals surface area contributed by atoms with Crippen molar-refractivity contribution in [3.8, 4) is 0 Å². The highest BCUT2D eigenvalue weighted by molar-refractivity contribution is 7.89. The van der Waals surface area contributed by atoms with Crippen molar-refractivity contribution in [3.05, 3.63) is 30.3 Å². The quantitative estimate of drug-likeness (QED) is 0.873. The number of anilines is 1. The Hall–Kier alpha value is -1.66. The van der Waals surface area contributed by atoms with Gasteiger partial charge in [-0.2, -0.15) is 0 Å². The Morgan fingerprint density at radius 2 is 2.00 bits per heavy atom. The molecule has 0 unspecified atom stereocenters. The third-order valence-corrected chi connectivity index (χ3v) is 4.41. The number of pyridine rings is 1. The van der Waals surface area contributed by atoms with Crippen molar-refractivity contribution in [2.24, 2.45) is 0 Å². The third-order valence-electron chi connectivity index (χ3n) is 2.89. The molecule has 0 bridgehead atoms. The van der Waals surface area contributed by atoms with E-state index in [-0.39, 0.29) is 10.9 Å². The Morgan fingerprint density at radius 3 is 2.72 bits per heavy atom. The zero-order chi connectivity index (χ0) is 12.8. The zero-order valence-corrected chi connectivity index (χ0v) is 10.4. The van der Waals surface area contributed by atoms with Crippen molar-refractivity contribution in [1.29, 1.82) is 0 Å². The molecule has 6 heteroatoms. The molecular formula is C12H13N3O2S. The van der Waals surface area contributed by atoms with Crippen molar-refractivity contribution in [2.75, 3.05) is 5.73 Å². The van der Waals surface area contributed by atoms with E-state index in [0.29, 0.717) is 11.3 Å². The third kappa shape index (κ3) is 2.16. The number of benzene rings is 1. The summed E-state index contributed by atoms with van der Waals surface area (Å²) in [6.45, 7) is 0. The predicted molar refractivity (Wildman–Crippen MR) is 69.5 cm³/mol. The number of nitrogen functional groups attached to an aromatic ring is 1. The van der Waals surface area contributed by atoms with Gasteiger partial charge in [-0.15, -0.1) is 0 Å². The lowest BCUT2D eigenvalue weighted by Gasteiger charge is -2.06. The first-order valence-corrected chi connectivity index (χ1v) is 7.21. The van der Waals surface area contributed by atoms with Crippen LogP contribution < -0.4 is 10.5 Å². The average Bonchev–Trinajstić information content (AvgIpc) is 3.11. The molecule has 2 aromatic rings. The Kier molecular flexibility index (Phi) is 2.49. The van der Waals surface area contributed by atoms with E-state index in [4.69, 9.17) is 5.73 Å². The molecule has 1 aromatic carbocycles. The molecule has 0 atom stereocenters. The monoisotopic (exact) mass is 263 g/mol. The number of hydrogen-bond acceptors (Lipinski definition) is 4. The summed E-state index contributed by atoms with van der Waals surface area (Å²) in [5.74, 6) is 0.425. The summed E-state index contributed by atoms with van der Waals surface area (Å²) in [5, 5.41) is 0.767. The summed E-state index contributed by atoms with van der Waals surface area (Å²) < 4.78 is 26.7. The van der Waals surface area contributed by atoms with Gasteiger partial charge in [0.05, 0.1) is 10.4 Å². The largest absolute Gasteiger partial charge is 0.384 e. The summed E-state index contributed by atoms with van der Waals surface area (Å²) in [4.78, 5) is 4.41. The van der Waals surface area contributed by atoms with E-state index < -0.39 is 10.0 Å². The van der Waals surface area contributed by atoms with Crippen LogP contribution in [-0.2, 0) is 10.0 Å². The highest BCUT2D eigenvalue weighted by Gasteiger charge is 2.27. The summed E-state index contributed by atoms with van der Waals surface area (Å²) in [6, 6.07) is 8.38. The first-order chi connectivity index (χ1) is 8.54. The fourth-order valence-corrected chi connectivity index (χ4v) is 3.12. The Labute approximate surface area is 105 Å². The van der Waals surface area contributed by atoms with Crippen LogP contribution >= 0.6 is 0 Å². The molecule has 3 N–H and O–H groups in total. The van der Waals surface area contributed by atoms with Gasteiger partial charge in [0.15, 0.2) is 0 Å². The Morgan fingerprint density at radius 1 is 1.22 bits per heavy atom. The first kappa shape index (κ1) is 11.4. The van der Waals surface area contributed by atoms with E-state index in [9.17, 15) is 8.42 Å². The lowest BCUT2D eigenvalue weighted by atomic mass is 10.2. The van der Waals surface area contributed by atoms with Crippen LogP contribution in [0, 0.1) is 0 Å². The number of nitrogens with one attached hydrogen (secondary N) is 1. The molecule has 0 saturated heterocycles. The molecule has 1 aromatic heterocycles. The van der Waals surface area contributed by atoms with Crippen LogP contribution in [0.3, 0.4) is 0 Å². The molecule has 0 aliphatic heterocycles. The molecule has 1 aliphatic rings. The van der Waals surface area contributed by atoms with Gasteiger partial charge in [0.2, 0.25) is 10.0 Å². The number of nitrogens with zero attached hydrogens (tertiary/aromatic N) is 1. The van der Waals surface area contributed by atoms with Gasteiger partial charge in [-0.05, 0) is 43.2 Å². The molecule has 1 saturated carbocycles. The number of nitrogens with two attached hydrogens (primary N) is 1. The fourth-order valence-electron chi connectivity index (χ4n) is 1.78. The molecule has 1 aliphatic carbocycles. The van der Waals surface area contributed by atoms with Crippen molar-refractivity contribution in [1.82, 2.24) is 9.71 Å². The van der Waals surface area contributed by atoms with Gasteiger partial charge in [0.1, 0.15) is 5.82 Å². The standard InChI is InChI=1S/C12H13N3O2S/c13-12-6-1-8-7-10(4-5-11(8)14-12)18(16,17)15-9-2-3-9/h1,4-7,9,15H,2-3H2,(H2,13,14). The topological polar surface area (TPSA) is 85.1 Å². The molecule has 0 spiro atoms. The molecule has 5 nitrogen and oxygen atoms in total. The van der Waals surface area contributed by atoms with Crippen LogP contribution in [0.25, 0.3) is 10.9 Å². The van der Waals surface area contributed by atoms with Crippen LogP contribution in [0.5, 0.6) is 0 Å². The minimum atomic E-state index is -3.41. The lowest BCUT2D eigenvalue weighted by Crippen LogP contribution is -2.25. The smallest absolute Gasteiger partial charge is 0.240 e. The number of aromatic nitrogens is 1. The number of rotatable bonds is 3. The second-order valence-electron chi connectivity index (χ2n) is 4.49. The van der Waals surface area contributed by atoms with E-state index in [1.165, 1.54) is 0 Å². The maximum Gasteiger partial charge on any atom is 0.240 e. The molecular weight excluding hydrogens is 250 g/mol. The second-order valence-corrected chi connectivity index (χ2v) is 6.20. The molecule has 1 heterocycles. The minimum Gasteiger partial charge on any atom is -0.384 e. The SMILES string of the molecule is Nc1ccc2cc(S(=O)(=O)NC3CC3)ccc2n1. The van der Waals surface area contributed by atoms with Gasteiger partial charge in [-0.1, -0.05) is 0 Å². The summed E-state index contributed by atoms with van der Waals surface area (Å²) in [7, 11) is -3.41. The van der Waals surface area contributed by atoms with E-state index in [2.05, 4.69) is 9.71 Å². The first-order valence-electron chi connectivity index (χ1n) is 5.73. The predicted octanol–water partition coefficient (Wildman–Crippen LogP) is 1.26. The zero-order valence-electron chi connectivity index (χ0n) is 9.63. The molecule has 0 radical (unpaired) electrons. The summed E-state index contributed by atoms with van der Waals surface area (Å²) in [6.07, 6.45) is 1.84. The highest BCUT2D eigenvalue weighted by Crippen LogP contribution is 2.24. The van der Waals surface area contributed by atoms with Crippen LogP contribution in [0.15, 0.2) is 35.2 Å². The fraction of sp³-hybridized carbons (Fsp3) is 0.250. The molecule has 1 fully saturated rings. The van der Waals surface area contributed by atoms with Gasteiger partial charge in [-0.25, -0.2) is 18.1 Å². The number of fused-ring (bicyclic) bond motifs is 1. The van der Waals surface area contributed by atoms with Crippen LogP contribution in [0.2, 0.25) is 0 Å². The van der Waals surface area contributed by atoms with Crippen LogP contribution in [-0.4, -0.2) is 19.4 Å². The number of sulfonamides is 1. The van der Waals surface area contributed by atoms with Gasteiger partial charge in [0, 0.05) is 11.4 Å². The molecule has 3 rings (SSSR count). The maximum absolute atomic E-state index is 12.0. The van der Waals surface area contributed by atoms with E-state index in [1.54, 1.807) is 30.3 Å². The Balaban J connectivity index is 2.04. The highest BCUT2D eigenvalue weighted by atomic mass is 32.2. The molecule has 94 valence electrons. The van der Waals surface area contributed by atoms with Crippen molar-refractivity contribution >= 4 is 26.7 Å². The van der Waals surface area contributed by atoms with E-state index >= 15 is 0 Å². The van der Waals surface area contributed by atoms with Crippen molar-refractivity contribution < 1.29 is 8.42 Å². The van der Waals surface area contributed by atoms with E-state index in [0.717, 1.165) is 18.2 Å². The normalized spacial score (nSPS) is 16.0. The second kappa shape index (κ2) is 3.93. The van der Waals surface area contributed by atoms with Gasteiger partial charge in [-0.3, -0.25) is 0 Å². The van der Waals surface area contributed by atoms with Crippen molar-refractivity contribution in [2.45, 2.75) is 23.8 Å². The summed E-state index contributed by atoms with van der Waals surface area (Å²) >= 11 is 0. The number of hydrogen-bond donors (Lipinski definition) is 2. The molecule has 0 amide bonds. The van der Waals surface area contributed by atoms with Crippen LogP contribution in [0.1, 0.15) is 12.8 Å². The van der Waals surface area contributed by atoms with Gasteiger partial charge >= 0.3 is 0 Å². The average molecular weight is 263 g/mol.